The van der Waals surface area contributed by atoms with E-state index in [1.807, 2.05) is 0 Å². The lowest BCUT2D eigenvalue weighted by Crippen LogP contribution is -2.37. The van der Waals surface area contributed by atoms with Crippen molar-refractivity contribution in [1.29, 1.82) is 0 Å². The fourth-order valence-corrected chi connectivity index (χ4v) is 1.48. The second kappa shape index (κ2) is 4.47. The van der Waals surface area contributed by atoms with E-state index in [0.29, 0.717) is 5.56 Å². The minimum Gasteiger partial charge on any atom is -0.287 e. The highest BCUT2D eigenvalue weighted by Crippen LogP contribution is 2.29. The molecule has 94 valence electrons. The molecule has 1 aromatic rings. The molecule has 0 aromatic heterocycles. The Bertz CT molecular complexity index is 452. The van der Waals surface area contributed by atoms with Gasteiger partial charge >= 0.3 is 12.3 Å². The van der Waals surface area contributed by atoms with Gasteiger partial charge in [-0.1, -0.05) is 6.07 Å². The van der Waals surface area contributed by atoms with Crippen LogP contribution in [0.3, 0.4) is 0 Å². The first-order valence-corrected chi connectivity index (χ1v) is 4.96. The van der Waals surface area contributed by atoms with E-state index < -0.39 is 18.1 Å². The Kier molecular flexibility index (Phi) is 3.59. The van der Waals surface area contributed by atoms with Crippen LogP contribution < -0.4 is 0 Å². The Morgan fingerprint density at radius 3 is 2.00 bits per heavy atom. The summed E-state index contributed by atoms with van der Waals surface area (Å²) in [6.07, 6.45) is -3.99. The molecule has 0 fully saturated rings. The molecule has 5 heteroatoms. The van der Waals surface area contributed by atoms with Gasteiger partial charge in [0, 0.05) is 5.56 Å². The van der Waals surface area contributed by atoms with Gasteiger partial charge in [-0.25, -0.2) is 8.78 Å². The lowest BCUT2D eigenvalue weighted by Gasteiger charge is -2.16. The number of hydrogen-bond donors (Lipinski definition) is 0. The molecule has 0 unspecified atom stereocenters. The summed E-state index contributed by atoms with van der Waals surface area (Å²) >= 11 is 0. The smallest absolute Gasteiger partial charge is 0.287 e. The third-order valence-electron chi connectivity index (χ3n) is 2.66. The van der Waals surface area contributed by atoms with Crippen LogP contribution in [0.15, 0.2) is 12.1 Å². The molecule has 1 nitrogen and oxygen atoms in total. The minimum atomic E-state index is -4.63. The predicted molar refractivity (Wildman–Crippen MR) is 55.9 cm³/mol. The van der Waals surface area contributed by atoms with E-state index in [9.17, 15) is 22.4 Å². The first kappa shape index (κ1) is 13.7. The molecule has 0 aliphatic rings. The number of carbonyl (C=O) groups excluding carboxylic acids is 1. The topological polar surface area (TPSA) is 17.1 Å². The molecule has 0 aliphatic carbocycles. The molecule has 0 heterocycles. The third-order valence-corrected chi connectivity index (χ3v) is 2.66. The largest absolute Gasteiger partial charge is 0.368 e. The summed E-state index contributed by atoms with van der Waals surface area (Å²) in [5, 5.41) is 0. The van der Waals surface area contributed by atoms with Crippen molar-refractivity contribution in [2.24, 2.45) is 0 Å². The maximum Gasteiger partial charge on any atom is 0.368 e. The highest BCUT2D eigenvalue weighted by molar-refractivity contribution is 6.03. The van der Waals surface area contributed by atoms with E-state index in [-0.39, 0.29) is 11.1 Å². The quantitative estimate of drug-likeness (QED) is 0.589. The van der Waals surface area contributed by atoms with Crippen LogP contribution in [0.2, 0.25) is 0 Å². The summed E-state index contributed by atoms with van der Waals surface area (Å²) in [6.45, 7) is 4.83. The molecule has 0 spiro atoms. The number of ketones is 1. The molecular formula is C12H12F4O. The first-order valence-electron chi connectivity index (χ1n) is 4.96. The highest BCUT2D eigenvalue weighted by Gasteiger charge is 2.49. The average Bonchev–Trinajstić information content (AvgIpc) is 2.22. The van der Waals surface area contributed by atoms with E-state index in [1.54, 1.807) is 13.8 Å². The van der Waals surface area contributed by atoms with Crippen LogP contribution in [0.1, 0.15) is 27.0 Å². The number of alkyl halides is 4. The molecule has 0 N–H and O–H groups in total. The van der Waals surface area contributed by atoms with Crippen LogP contribution >= 0.6 is 0 Å². The Morgan fingerprint density at radius 1 is 1.06 bits per heavy atom. The van der Waals surface area contributed by atoms with Crippen molar-refractivity contribution in [3.8, 4) is 0 Å². The fraction of sp³-hybridized carbons (Fsp3) is 0.417. The van der Waals surface area contributed by atoms with Crippen LogP contribution in [0.4, 0.5) is 17.6 Å². The summed E-state index contributed by atoms with van der Waals surface area (Å²) in [6, 6.07) is 2.76. The van der Waals surface area contributed by atoms with E-state index in [1.165, 1.54) is 19.1 Å². The van der Waals surface area contributed by atoms with Crippen molar-refractivity contribution in [3.05, 3.63) is 34.4 Å². The number of carbonyl (C=O) groups is 1. The normalized spacial score (nSPS) is 12.0. The third kappa shape index (κ3) is 2.48. The Labute approximate surface area is 96.4 Å². The number of rotatable bonds is 3. The maximum atomic E-state index is 12.9. The van der Waals surface area contributed by atoms with E-state index >= 15 is 0 Å². The van der Waals surface area contributed by atoms with Gasteiger partial charge in [-0.2, -0.15) is 8.78 Å². The van der Waals surface area contributed by atoms with Gasteiger partial charge in [-0.3, -0.25) is 4.79 Å². The molecule has 0 aliphatic heterocycles. The summed E-state index contributed by atoms with van der Waals surface area (Å²) in [5.74, 6) is -6.46. The van der Waals surface area contributed by atoms with Crippen LogP contribution in [0, 0.1) is 20.8 Å². The molecule has 1 rings (SSSR count). The summed E-state index contributed by atoms with van der Waals surface area (Å²) in [4.78, 5) is 11.4. The van der Waals surface area contributed by atoms with Crippen molar-refractivity contribution in [3.63, 3.8) is 0 Å². The van der Waals surface area contributed by atoms with Crippen LogP contribution in [-0.2, 0) is 0 Å². The van der Waals surface area contributed by atoms with Gasteiger partial charge in [-0.05, 0) is 43.5 Å². The Balaban J connectivity index is 3.27. The zero-order valence-electron chi connectivity index (χ0n) is 9.65. The number of halogens is 4. The molecule has 17 heavy (non-hydrogen) atoms. The first-order chi connectivity index (χ1) is 7.67. The van der Waals surface area contributed by atoms with Gasteiger partial charge in [0.1, 0.15) is 0 Å². The van der Waals surface area contributed by atoms with Gasteiger partial charge in [0.2, 0.25) is 5.78 Å². The van der Waals surface area contributed by atoms with Crippen molar-refractivity contribution in [2.45, 2.75) is 33.1 Å². The molecule has 0 atom stereocenters. The van der Waals surface area contributed by atoms with E-state index in [2.05, 4.69) is 0 Å². The van der Waals surface area contributed by atoms with Gasteiger partial charge < -0.3 is 0 Å². The number of benzene rings is 1. The lowest BCUT2D eigenvalue weighted by molar-refractivity contribution is -0.0958. The van der Waals surface area contributed by atoms with Gasteiger partial charge in [0.25, 0.3) is 0 Å². The molecule has 1 aromatic carbocycles. The molecule has 0 bridgehead atoms. The zero-order chi connectivity index (χ0) is 13.4. The van der Waals surface area contributed by atoms with Crippen molar-refractivity contribution in [2.75, 3.05) is 0 Å². The summed E-state index contributed by atoms with van der Waals surface area (Å²) in [7, 11) is 0. The molecular weight excluding hydrogens is 236 g/mol. The van der Waals surface area contributed by atoms with Crippen molar-refractivity contribution in [1.82, 2.24) is 0 Å². The standard InChI is InChI=1S/C12H12F4O/c1-6-4-8(3)9(5-7(6)2)10(17)12(15,16)11(13)14/h4-5,11H,1-3H3. The number of Topliss-reactive ketones (excluding diaryl/α,β-unsaturated/α-hetero) is 1. The number of hydrogen-bond acceptors (Lipinski definition) is 1. The van der Waals surface area contributed by atoms with Gasteiger partial charge in [0.15, 0.2) is 0 Å². The maximum absolute atomic E-state index is 12.9. The molecule has 0 amide bonds. The monoisotopic (exact) mass is 248 g/mol. The Morgan fingerprint density at radius 2 is 1.53 bits per heavy atom. The molecule has 0 saturated carbocycles. The van der Waals surface area contributed by atoms with Crippen LogP contribution in [0.25, 0.3) is 0 Å². The van der Waals surface area contributed by atoms with Crippen molar-refractivity contribution >= 4 is 5.78 Å². The van der Waals surface area contributed by atoms with E-state index in [0.717, 1.165) is 5.56 Å². The SMILES string of the molecule is Cc1cc(C)c(C(=O)C(F)(F)C(F)F)cc1C. The summed E-state index contributed by atoms with van der Waals surface area (Å²) < 4.78 is 50.1. The summed E-state index contributed by atoms with van der Waals surface area (Å²) in [5.41, 5.74) is 1.36. The van der Waals surface area contributed by atoms with Gasteiger partial charge in [-0.15, -0.1) is 0 Å². The Hall–Kier alpha value is -1.39. The molecule has 0 radical (unpaired) electrons. The van der Waals surface area contributed by atoms with E-state index in [4.69, 9.17) is 0 Å². The second-order valence-corrected chi connectivity index (χ2v) is 4.00. The number of aryl methyl sites for hydroxylation is 3. The van der Waals surface area contributed by atoms with Gasteiger partial charge in [0.05, 0.1) is 0 Å². The van der Waals surface area contributed by atoms with Crippen LogP contribution in [-0.4, -0.2) is 18.1 Å². The van der Waals surface area contributed by atoms with Crippen LogP contribution in [0.5, 0.6) is 0 Å². The minimum absolute atomic E-state index is 0.276. The fourth-order valence-electron chi connectivity index (χ4n) is 1.48. The predicted octanol–water partition coefficient (Wildman–Crippen LogP) is 3.69. The molecule has 0 saturated heterocycles. The average molecular weight is 248 g/mol. The van der Waals surface area contributed by atoms with Crippen molar-refractivity contribution < 1.29 is 22.4 Å². The highest BCUT2D eigenvalue weighted by atomic mass is 19.3. The zero-order valence-corrected chi connectivity index (χ0v) is 9.65. The lowest BCUT2D eigenvalue weighted by atomic mass is 9.95. The second-order valence-electron chi connectivity index (χ2n) is 4.00.